The third-order valence-corrected chi connectivity index (χ3v) is 2.46. The van der Waals surface area contributed by atoms with Crippen LogP contribution >= 0.6 is 0 Å². The number of hydrogen-bond acceptors (Lipinski definition) is 6. The minimum atomic E-state index is -0.494. The zero-order chi connectivity index (χ0) is 13.4. The fraction of sp³-hybridized carbons (Fsp3) is 0.583. The second-order valence-electron chi connectivity index (χ2n) is 3.75. The predicted octanol–water partition coefficient (Wildman–Crippen LogP) is 0.507. The lowest BCUT2D eigenvalue weighted by Crippen LogP contribution is -2.29. The maximum atomic E-state index is 11.2. The Balaban J connectivity index is 2.57. The van der Waals surface area contributed by atoms with E-state index < -0.39 is 5.97 Å². The quantitative estimate of drug-likeness (QED) is 0.684. The highest BCUT2D eigenvalue weighted by molar-refractivity contribution is 5.86. The second kappa shape index (κ2) is 7.86. The minimum Gasteiger partial charge on any atom is -0.463 e. The van der Waals surface area contributed by atoms with Crippen LogP contribution in [0.2, 0.25) is 0 Å². The van der Waals surface area contributed by atoms with Crippen molar-refractivity contribution in [1.82, 2.24) is 4.90 Å². The molecule has 0 spiro atoms. The maximum Gasteiger partial charge on any atom is 0.373 e. The van der Waals surface area contributed by atoms with Gasteiger partial charge in [0.2, 0.25) is 5.76 Å². The number of aliphatic hydroxyl groups is 1. The van der Waals surface area contributed by atoms with Gasteiger partial charge in [-0.15, -0.1) is 0 Å². The van der Waals surface area contributed by atoms with E-state index in [0.29, 0.717) is 32.0 Å². The molecule has 1 aromatic rings. The van der Waals surface area contributed by atoms with Gasteiger partial charge in [0.1, 0.15) is 5.76 Å². The van der Waals surface area contributed by atoms with Crippen LogP contribution in [0.5, 0.6) is 0 Å². The summed E-state index contributed by atoms with van der Waals surface area (Å²) >= 11 is 0. The van der Waals surface area contributed by atoms with Gasteiger partial charge in [0, 0.05) is 20.2 Å². The molecule has 0 aliphatic heterocycles. The van der Waals surface area contributed by atoms with E-state index in [1.165, 1.54) is 7.11 Å². The monoisotopic (exact) mass is 257 g/mol. The summed E-state index contributed by atoms with van der Waals surface area (Å²) in [6.07, 6.45) is 0. The number of hydrogen-bond donors (Lipinski definition) is 1. The van der Waals surface area contributed by atoms with Crippen molar-refractivity contribution in [2.45, 2.75) is 6.54 Å². The van der Waals surface area contributed by atoms with Crippen molar-refractivity contribution in [2.75, 3.05) is 40.5 Å². The Labute approximate surface area is 106 Å². The number of aliphatic hydroxyl groups excluding tert-OH is 1. The molecule has 1 heterocycles. The Bertz CT molecular complexity index is 363. The highest BCUT2D eigenvalue weighted by atomic mass is 16.5. The van der Waals surface area contributed by atoms with Gasteiger partial charge in [-0.1, -0.05) is 0 Å². The SMILES string of the molecule is COCCN(CCO)Cc1ccc(C(=O)OC)o1. The Morgan fingerprint density at radius 1 is 1.39 bits per heavy atom. The number of nitrogens with zero attached hydrogens (tertiary/aromatic N) is 1. The van der Waals surface area contributed by atoms with Crippen LogP contribution in [-0.2, 0) is 16.0 Å². The van der Waals surface area contributed by atoms with Crippen molar-refractivity contribution in [3.63, 3.8) is 0 Å². The number of rotatable bonds is 8. The summed E-state index contributed by atoms with van der Waals surface area (Å²) in [5, 5.41) is 8.96. The summed E-state index contributed by atoms with van der Waals surface area (Å²) in [7, 11) is 2.93. The van der Waals surface area contributed by atoms with Gasteiger partial charge < -0.3 is 19.0 Å². The highest BCUT2D eigenvalue weighted by Gasteiger charge is 2.13. The molecule has 0 bridgehead atoms. The number of methoxy groups -OCH3 is 2. The summed E-state index contributed by atoms with van der Waals surface area (Å²) in [6, 6.07) is 3.30. The third-order valence-electron chi connectivity index (χ3n) is 2.46. The lowest BCUT2D eigenvalue weighted by Gasteiger charge is -2.19. The zero-order valence-electron chi connectivity index (χ0n) is 10.7. The van der Waals surface area contributed by atoms with Crippen molar-refractivity contribution in [2.24, 2.45) is 0 Å². The van der Waals surface area contributed by atoms with E-state index in [1.54, 1.807) is 19.2 Å². The van der Waals surface area contributed by atoms with Gasteiger partial charge in [0.25, 0.3) is 0 Å². The molecular formula is C12H19NO5. The second-order valence-corrected chi connectivity index (χ2v) is 3.75. The van der Waals surface area contributed by atoms with Crippen LogP contribution in [0.4, 0.5) is 0 Å². The smallest absolute Gasteiger partial charge is 0.373 e. The van der Waals surface area contributed by atoms with Crippen LogP contribution in [0.3, 0.4) is 0 Å². The molecule has 6 nitrogen and oxygen atoms in total. The number of ether oxygens (including phenoxy) is 2. The standard InChI is InChI=1S/C12H19NO5/c1-16-8-6-13(5-7-14)9-10-3-4-11(18-10)12(15)17-2/h3-4,14H,5-9H2,1-2H3. The number of carbonyl (C=O) groups is 1. The molecule has 1 N–H and O–H groups in total. The first-order chi connectivity index (χ1) is 8.71. The first-order valence-electron chi connectivity index (χ1n) is 5.70. The third kappa shape index (κ3) is 4.48. The highest BCUT2D eigenvalue weighted by Crippen LogP contribution is 2.11. The summed E-state index contributed by atoms with van der Waals surface area (Å²) in [4.78, 5) is 13.2. The first-order valence-corrected chi connectivity index (χ1v) is 5.70. The average Bonchev–Trinajstić information content (AvgIpc) is 2.83. The van der Waals surface area contributed by atoms with Gasteiger partial charge in [0.05, 0.1) is 26.9 Å². The zero-order valence-corrected chi connectivity index (χ0v) is 10.7. The average molecular weight is 257 g/mol. The molecule has 0 aromatic carbocycles. The predicted molar refractivity (Wildman–Crippen MR) is 64.3 cm³/mol. The molecule has 0 atom stereocenters. The topological polar surface area (TPSA) is 72.1 Å². The molecule has 18 heavy (non-hydrogen) atoms. The van der Waals surface area contributed by atoms with Gasteiger partial charge in [-0.25, -0.2) is 4.79 Å². The van der Waals surface area contributed by atoms with Crippen LogP contribution in [0.25, 0.3) is 0 Å². The van der Waals surface area contributed by atoms with Gasteiger partial charge >= 0.3 is 5.97 Å². The van der Waals surface area contributed by atoms with Gasteiger partial charge in [-0.2, -0.15) is 0 Å². The summed E-state index contributed by atoms with van der Waals surface area (Å²) in [6.45, 7) is 2.36. The Morgan fingerprint density at radius 3 is 2.78 bits per heavy atom. The largest absolute Gasteiger partial charge is 0.463 e. The van der Waals surface area contributed by atoms with E-state index in [2.05, 4.69) is 4.74 Å². The molecule has 102 valence electrons. The number of furan rings is 1. The molecule has 0 amide bonds. The molecule has 0 saturated heterocycles. The molecule has 0 aliphatic carbocycles. The molecule has 1 aromatic heterocycles. The number of esters is 1. The molecule has 0 fully saturated rings. The molecule has 6 heteroatoms. The maximum absolute atomic E-state index is 11.2. The fourth-order valence-corrected chi connectivity index (χ4v) is 1.53. The molecule has 0 saturated carbocycles. The molecule has 1 rings (SSSR count). The summed E-state index contributed by atoms with van der Waals surface area (Å²) in [5.74, 6) is 0.343. The number of carbonyl (C=O) groups excluding carboxylic acids is 1. The van der Waals surface area contributed by atoms with Crippen LogP contribution < -0.4 is 0 Å². The normalized spacial score (nSPS) is 10.9. The van der Waals surface area contributed by atoms with Crippen molar-refractivity contribution in [1.29, 1.82) is 0 Å². The van der Waals surface area contributed by atoms with Crippen molar-refractivity contribution in [3.05, 3.63) is 23.7 Å². The van der Waals surface area contributed by atoms with Crippen molar-refractivity contribution < 1.29 is 23.8 Å². The van der Waals surface area contributed by atoms with Crippen LogP contribution in [0.1, 0.15) is 16.3 Å². The van der Waals surface area contributed by atoms with E-state index in [9.17, 15) is 4.79 Å². The first kappa shape index (κ1) is 14.7. The lowest BCUT2D eigenvalue weighted by molar-refractivity contribution is 0.0559. The molecule has 0 aliphatic rings. The minimum absolute atomic E-state index is 0.0638. The van der Waals surface area contributed by atoms with Gasteiger partial charge in [-0.3, -0.25) is 4.90 Å². The summed E-state index contributed by atoms with van der Waals surface area (Å²) in [5.41, 5.74) is 0. The lowest BCUT2D eigenvalue weighted by atomic mass is 10.3. The molecular weight excluding hydrogens is 238 g/mol. The molecule has 0 radical (unpaired) electrons. The van der Waals surface area contributed by atoms with Crippen LogP contribution in [0, 0.1) is 0 Å². The van der Waals surface area contributed by atoms with E-state index in [4.69, 9.17) is 14.3 Å². The van der Waals surface area contributed by atoms with Crippen LogP contribution in [-0.4, -0.2) is 56.5 Å². The van der Waals surface area contributed by atoms with E-state index in [1.807, 2.05) is 4.90 Å². The fourth-order valence-electron chi connectivity index (χ4n) is 1.53. The van der Waals surface area contributed by atoms with Crippen molar-refractivity contribution >= 4 is 5.97 Å². The van der Waals surface area contributed by atoms with Gasteiger partial charge in [-0.05, 0) is 12.1 Å². The summed E-state index contributed by atoms with van der Waals surface area (Å²) < 4.78 is 14.9. The van der Waals surface area contributed by atoms with E-state index >= 15 is 0 Å². The molecule has 0 unspecified atom stereocenters. The van der Waals surface area contributed by atoms with E-state index in [0.717, 1.165) is 0 Å². The Kier molecular flexibility index (Phi) is 6.42. The van der Waals surface area contributed by atoms with E-state index in [-0.39, 0.29) is 12.4 Å². The van der Waals surface area contributed by atoms with Crippen molar-refractivity contribution in [3.8, 4) is 0 Å². The Hall–Kier alpha value is -1.37. The van der Waals surface area contributed by atoms with Crippen LogP contribution in [0.15, 0.2) is 16.5 Å². The Morgan fingerprint density at radius 2 is 2.17 bits per heavy atom. The van der Waals surface area contributed by atoms with Gasteiger partial charge in [0.15, 0.2) is 0 Å².